The van der Waals surface area contributed by atoms with Crippen LogP contribution >= 0.6 is 0 Å². The molecule has 5 heteroatoms. The number of rotatable bonds is 4. The first-order chi connectivity index (χ1) is 22.3. The molecule has 0 fully saturated rings. The van der Waals surface area contributed by atoms with Crippen molar-refractivity contribution in [1.82, 2.24) is 19.9 Å². The summed E-state index contributed by atoms with van der Waals surface area (Å²) in [5.74, 6) is 1.92. The topological polar surface area (TPSA) is 64.7 Å². The number of hydrogen-bond donors (Lipinski definition) is 0. The van der Waals surface area contributed by atoms with Crippen LogP contribution in [0.15, 0.2) is 150 Å². The summed E-state index contributed by atoms with van der Waals surface area (Å²) in [5, 5.41) is 6.49. The first kappa shape index (κ1) is 25.3. The van der Waals surface area contributed by atoms with Crippen LogP contribution in [-0.2, 0) is 0 Å². The Morgan fingerprint density at radius 2 is 1.04 bits per heavy atom. The van der Waals surface area contributed by atoms with Crippen molar-refractivity contribution < 1.29 is 4.42 Å². The minimum atomic E-state index is 0.637. The summed E-state index contributed by atoms with van der Waals surface area (Å²) < 4.78 is 6.49. The van der Waals surface area contributed by atoms with E-state index in [1.54, 1.807) is 0 Å². The van der Waals surface area contributed by atoms with Gasteiger partial charge in [0.05, 0.1) is 0 Å². The highest BCUT2D eigenvalue weighted by Crippen LogP contribution is 2.42. The molecule has 3 aromatic heterocycles. The second-order valence-electron chi connectivity index (χ2n) is 11.1. The van der Waals surface area contributed by atoms with E-state index in [9.17, 15) is 0 Å². The van der Waals surface area contributed by atoms with Crippen molar-refractivity contribution in [2.24, 2.45) is 0 Å². The summed E-state index contributed by atoms with van der Waals surface area (Å²) in [4.78, 5) is 19.2. The molecule has 0 amide bonds. The average Bonchev–Trinajstić information content (AvgIpc) is 3.51. The highest BCUT2D eigenvalue weighted by atomic mass is 16.3. The van der Waals surface area contributed by atoms with Gasteiger partial charge >= 0.3 is 0 Å². The minimum absolute atomic E-state index is 0.637. The largest absolute Gasteiger partial charge is 0.455 e. The van der Waals surface area contributed by atoms with Gasteiger partial charge in [-0.15, -0.1) is 0 Å². The zero-order chi connectivity index (χ0) is 29.7. The fraction of sp³-hybridized carbons (Fsp3) is 0. The summed E-state index contributed by atoms with van der Waals surface area (Å²) in [6.07, 6.45) is 3.69. The SMILES string of the molecule is c1ccc(-c2nc(-c3ccccc3)nc(-c3cccc4c(-c5cccc6oc7c8ccncc8ccc7c56)cccc34)n2)cc1. The molecule has 0 aliphatic carbocycles. The van der Waals surface area contributed by atoms with Crippen molar-refractivity contribution in [3.63, 3.8) is 0 Å². The molecular weight excluding hydrogens is 552 g/mol. The summed E-state index contributed by atoms with van der Waals surface area (Å²) in [6.45, 7) is 0. The van der Waals surface area contributed by atoms with Gasteiger partial charge in [-0.05, 0) is 40.1 Å². The third-order valence-corrected chi connectivity index (χ3v) is 8.43. The van der Waals surface area contributed by atoms with Crippen LogP contribution < -0.4 is 0 Å². The van der Waals surface area contributed by atoms with Gasteiger partial charge in [0, 0.05) is 50.6 Å². The maximum atomic E-state index is 6.49. The molecule has 210 valence electrons. The molecule has 0 unspecified atom stereocenters. The Labute approximate surface area is 258 Å². The summed E-state index contributed by atoms with van der Waals surface area (Å²) >= 11 is 0. The summed E-state index contributed by atoms with van der Waals surface area (Å²) in [5.41, 5.74) is 6.82. The van der Waals surface area contributed by atoms with Crippen molar-refractivity contribution >= 4 is 43.5 Å². The molecule has 5 nitrogen and oxygen atoms in total. The second-order valence-corrected chi connectivity index (χ2v) is 11.1. The lowest BCUT2D eigenvalue weighted by molar-refractivity contribution is 0.672. The maximum absolute atomic E-state index is 6.49. The molecular formula is C40H24N4O. The fourth-order valence-corrected chi connectivity index (χ4v) is 6.34. The van der Waals surface area contributed by atoms with Crippen molar-refractivity contribution in [2.75, 3.05) is 0 Å². The standard InChI is InChI=1S/C40H24N4O/c1-3-10-25(11-4-1)38-42-39(26-12-5-2-6-13-26)44-40(43-38)33-18-8-14-29-30(15-7-16-31(29)33)32-17-9-19-35-36(32)34-21-20-27-24-41-23-22-28(27)37(34)45-35/h1-24H. The molecule has 0 aliphatic heterocycles. The van der Waals surface area contributed by atoms with Crippen molar-refractivity contribution in [1.29, 1.82) is 0 Å². The van der Waals surface area contributed by atoms with Gasteiger partial charge in [-0.3, -0.25) is 4.98 Å². The van der Waals surface area contributed by atoms with Gasteiger partial charge < -0.3 is 4.42 Å². The van der Waals surface area contributed by atoms with Gasteiger partial charge in [0.15, 0.2) is 17.5 Å². The molecule has 0 bridgehead atoms. The van der Waals surface area contributed by atoms with Crippen LogP contribution in [0.5, 0.6) is 0 Å². The molecule has 3 heterocycles. The Bertz CT molecular complexity index is 2480. The second kappa shape index (κ2) is 10.2. The Balaban J connectivity index is 1.28. The van der Waals surface area contributed by atoms with Crippen LogP contribution in [0.2, 0.25) is 0 Å². The first-order valence-electron chi connectivity index (χ1n) is 14.9. The first-order valence-corrected chi connectivity index (χ1v) is 14.9. The third kappa shape index (κ3) is 4.17. The van der Waals surface area contributed by atoms with Crippen LogP contribution in [0.3, 0.4) is 0 Å². The molecule has 0 saturated heterocycles. The molecule has 0 saturated carbocycles. The van der Waals surface area contributed by atoms with E-state index in [2.05, 4.69) is 65.6 Å². The molecule has 0 spiro atoms. The number of furan rings is 1. The van der Waals surface area contributed by atoms with E-state index in [1.165, 1.54) is 0 Å². The molecule has 0 atom stereocenters. The van der Waals surface area contributed by atoms with Gasteiger partial charge in [-0.2, -0.15) is 0 Å². The van der Waals surface area contributed by atoms with Crippen molar-refractivity contribution in [2.45, 2.75) is 0 Å². The predicted molar refractivity (Wildman–Crippen MR) is 182 cm³/mol. The molecule has 9 rings (SSSR count). The lowest BCUT2D eigenvalue weighted by Crippen LogP contribution is -2.00. The highest BCUT2D eigenvalue weighted by Gasteiger charge is 2.18. The number of fused-ring (bicyclic) bond motifs is 6. The number of hydrogen-bond acceptors (Lipinski definition) is 5. The van der Waals surface area contributed by atoms with E-state index < -0.39 is 0 Å². The van der Waals surface area contributed by atoms with Crippen LogP contribution in [0.25, 0.3) is 88.8 Å². The summed E-state index contributed by atoms with van der Waals surface area (Å²) in [7, 11) is 0. The van der Waals surface area contributed by atoms with E-state index >= 15 is 0 Å². The Hall–Kier alpha value is -6.20. The van der Waals surface area contributed by atoms with Gasteiger partial charge in [0.25, 0.3) is 0 Å². The number of pyridine rings is 1. The number of aromatic nitrogens is 4. The summed E-state index contributed by atoms with van der Waals surface area (Å²) in [6, 6.07) is 45.5. The maximum Gasteiger partial charge on any atom is 0.164 e. The molecule has 0 aliphatic rings. The van der Waals surface area contributed by atoms with E-state index in [4.69, 9.17) is 19.4 Å². The van der Waals surface area contributed by atoms with Crippen LogP contribution in [0.1, 0.15) is 0 Å². The Morgan fingerprint density at radius 1 is 0.422 bits per heavy atom. The van der Waals surface area contributed by atoms with E-state index in [-0.39, 0.29) is 0 Å². The quantitative estimate of drug-likeness (QED) is 0.209. The van der Waals surface area contributed by atoms with Gasteiger partial charge in [-0.1, -0.05) is 115 Å². The lowest BCUT2D eigenvalue weighted by atomic mass is 9.92. The number of benzene rings is 6. The van der Waals surface area contributed by atoms with Crippen LogP contribution in [0.4, 0.5) is 0 Å². The monoisotopic (exact) mass is 576 g/mol. The smallest absolute Gasteiger partial charge is 0.164 e. The molecule has 0 N–H and O–H groups in total. The van der Waals surface area contributed by atoms with Crippen molar-refractivity contribution in [3.8, 4) is 45.3 Å². The van der Waals surface area contributed by atoms with Gasteiger partial charge in [0.2, 0.25) is 0 Å². The Kier molecular flexibility index (Phi) is 5.74. The van der Waals surface area contributed by atoms with Gasteiger partial charge in [-0.25, -0.2) is 15.0 Å². The van der Waals surface area contributed by atoms with Crippen LogP contribution in [0, 0.1) is 0 Å². The molecule has 45 heavy (non-hydrogen) atoms. The minimum Gasteiger partial charge on any atom is -0.455 e. The van der Waals surface area contributed by atoms with Gasteiger partial charge in [0.1, 0.15) is 11.2 Å². The molecule has 0 radical (unpaired) electrons. The predicted octanol–water partition coefficient (Wildman–Crippen LogP) is 10.1. The van der Waals surface area contributed by atoms with E-state index in [0.29, 0.717) is 17.5 Å². The molecule has 6 aromatic carbocycles. The molecule has 9 aromatic rings. The number of nitrogens with zero attached hydrogens (tertiary/aromatic N) is 4. The highest BCUT2D eigenvalue weighted by molar-refractivity contribution is 6.20. The zero-order valence-electron chi connectivity index (χ0n) is 24.1. The third-order valence-electron chi connectivity index (χ3n) is 8.43. The Morgan fingerprint density at radius 3 is 1.78 bits per heavy atom. The zero-order valence-corrected chi connectivity index (χ0v) is 24.1. The van der Waals surface area contributed by atoms with Crippen LogP contribution in [-0.4, -0.2) is 19.9 Å². The average molecular weight is 577 g/mol. The van der Waals surface area contributed by atoms with Crippen molar-refractivity contribution in [3.05, 3.63) is 146 Å². The van der Waals surface area contributed by atoms with E-state index in [0.717, 1.165) is 71.3 Å². The normalized spacial score (nSPS) is 11.6. The fourth-order valence-electron chi connectivity index (χ4n) is 6.34. The van der Waals surface area contributed by atoms with E-state index in [1.807, 2.05) is 85.2 Å². The lowest BCUT2D eigenvalue weighted by Gasteiger charge is -2.13.